The van der Waals surface area contributed by atoms with E-state index in [0.29, 0.717) is 32.5 Å². The van der Waals surface area contributed by atoms with Gasteiger partial charge in [0.1, 0.15) is 27.6 Å². The van der Waals surface area contributed by atoms with Gasteiger partial charge < -0.3 is 10.1 Å². The minimum atomic E-state index is -0.391. The van der Waals surface area contributed by atoms with Crippen molar-refractivity contribution < 1.29 is 9.53 Å². The number of methoxy groups -OCH3 is 1. The number of halogens is 1. The summed E-state index contributed by atoms with van der Waals surface area (Å²) < 4.78 is 7.10. The van der Waals surface area contributed by atoms with Crippen LogP contribution in [0.25, 0.3) is 31.7 Å². The van der Waals surface area contributed by atoms with Crippen LogP contribution in [0.1, 0.15) is 5.82 Å². The molecule has 7 nitrogen and oxygen atoms in total. The van der Waals surface area contributed by atoms with E-state index in [1.807, 2.05) is 42.5 Å². The monoisotopic (exact) mass is 490 g/mol. The van der Waals surface area contributed by atoms with Gasteiger partial charge in [-0.2, -0.15) is 0 Å². The predicted octanol–water partition coefficient (Wildman–Crippen LogP) is 5.28. The van der Waals surface area contributed by atoms with Gasteiger partial charge in [0.2, 0.25) is 5.91 Å². The molecule has 5 aromatic rings. The molecule has 0 saturated heterocycles. The molecule has 0 aliphatic rings. The topological polar surface area (TPSA) is 86.1 Å². The summed E-state index contributed by atoms with van der Waals surface area (Å²) in [6, 6.07) is 18.6. The molecular formula is C25H19ClN4O3S. The van der Waals surface area contributed by atoms with Crippen molar-refractivity contribution in [3.63, 3.8) is 0 Å². The van der Waals surface area contributed by atoms with Crippen molar-refractivity contribution in [2.45, 2.75) is 13.5 Å². The van der Waals surface area contributed by atoms with E-state index in [-0.39, 0.29) is 12.1 Å². The molecule has 0 bridgehead atoms. The van der Waals surface area contributed by atoms with Gasteiger partial charge in [-0.15, -0.1) is 11.3 Å². The molecule has 34 heavy (non-hydrogen) atoms. The van der Waals surface area contributed by atoms with E-state index in [0.717, 1.165) is 21.5 Å². The minimum Gasteiger partial charge on any atom is -0.495 e. The average Bonchev–Trinajstić information content (AvgIpc) is 3.20. The summed E-state index contributed by atoms with van der Waals surface area (Å²) >= 11 is 7.33. The van der Waals surface area contributed by atoms with E-state index in [9.17, 15) is 9.59 Å². The second kappa shape index (κ2) is 8.89. The number of nitrogens with one attached hydrogen (secondary N) is 1. The number of nitrogens with zero attached hydrogens (tertiary/aromatic N) is 3. The fourth-order valence-corrected chi connectivity index (χ4v) is 5.01. The lowest BCUT2D eigenvalue weighted by molar-refractivity contribution is -0.116. The van der Waals surface area contributed by atoms with Crippen molar-refractivity contribution in [3.05, 3.63) is 81.9 Å². The maximum absolute atomic E-state index is 13.3. The molecule has 5 rings (SSSR count). The fourth-order valence-electron chi connectivity index (χ4n) is 3.78. The molecule has 9 heteroatoms. The van der Waals surface area contributed by atoms with E-state index in [1.54, 1.807) is 25.1 Å². The van der Waals surface area contributed by atoms with E-state index in [4.69, 9.17) is 21.3 Å². The number of pyridine rings is 1. The van der Waals surface area contributed by atoms with E-state index in [1.165, 1.54) is 23.0 Å². The molecule has 3 aromatic heterocycles. The highest BCUT2D eigenvalue weighted by molar-refractivity contribution is 7.25. The number of hydrogen-bond acceptors (Lipinski definition) is 6. The molecule has 0 aliphatic carbocycles. The normalized spacial score (nSPS) is 11.1. The number of carbonyl (C=O) groups is 1. The van der Waals surface area contributed by atoms with Crippen molar-refractivity contribution in [2.24, 2.45) is 0 Å². The number of aryl methyl sites for hydroxylation is 1. The van der Waals surface area contributed by atoms with Crippen LogP contribution in [0.5, 0.6) is 5.75 Å². The number of benzene rings is 2. The van der Waals surface area contributed by atoms with Crippen molar-refractivity contribution >= 4 is 55.0 Å². The molecule has 3 heterocycles. The summed E-state index contributed by atoms with van der Waals surface area (Å²) in [7, 11) is 1.50. The Morgan fingerprint density at radius 2 is 1.91 bits per heavy atom. The Hall–Kier alpha value is -3.75. The lowest BCUT2D eigenvalue weighted by Gasteiger charge is -2.12. The van der Waals surface area contributed by atoms with Crippen LogP contribution in [0.2, 0.25) is 5.02 Å². The Morgan fingerprint density at radius 3 is 2.68 bits per heavy atom. The fraction of sp³-hybridized carbons (Fsp3) is 0.120. The number of hydrogen-bond donors (Lipinski definition) is 1. The van der Waals surface area contributed by atoms with Gasteiger partial charge in [0.25, 0.3) is 5.56 Å². The van der Waals surface area contributed by atoms with Gasteiger partial charge in [-0.25, -0.2) is 9.97 Å². The van der Waals surface area contributed by atoms with Crippen LogP contribution >= 0.6 is 22.9 Å². The Kier molecular flexibility index (Phi) is 5.77. The third-order valence-corrected chi connectivity index (χ3v) is 6.75. The molecule has 0 spiro atoms. The molecule has 0 unspecified atom stereocenters. The Balaban J connectivity index is 1.51. The van der Waals surface area contributed by atoms with Crippen LogP contribution < -0.4 is 15.6 Å². The number of anilines is 1. The zero-order valence-electron chi connectivity index (χ0n) is 18.3. The molecule has 0 radical (unpaired) electrons. The highest BCUT2D eigenvalue weighted by Crippen LogP contribution is 2.32. The maximum atomic E-state index is 13.3. The second-order valence-corrected chi connectivity index (χ2v) is 9.07. The highest BCUT2D eigenvalue weighted by Gasteiger charge is 2.18. The van der Waals surface area contributed by atoms with Gasteiger partial charge in [0, 0.05) is 16.0 Å². The summed E-state index contributed by atoms with van der Waals surface area (Å²) in [5.74, 6) is 0.523. The van der Waals surface area contributed by atoms with Crippen LogP contribution in [0.3, 0.4) is 0 Å². The summed E-state index contributed by atoms with van der Waals surface area (Å²) in [4.78, 5) is 36.2. The van der Waals surface area contributed by atoms with Crippen molar-refractivity contribution in [1.29, 1.82) is 0 Å². The number of carbonyl (C=O) groups excluding carboxylic acids is 1. The van der Waals surface area contributed by atoms with Crippen molar-refractivity contribution in [2.75, 3.05) is 12.4 Å². The largest absolute Gasteiger partial charge is 0.495 e. The molecule has 0 atom stereocenters. The molecule has 1 N–H and O–H groups in total. The maximum Gasteiger partial charge on any atom is 0.272 e. The first-order valence-electron chi connectivity index (χ1n) is 10.4. The molecule has 0 aliphatic heterocycles. The summed E-state index contributed by atoms with van der Waals surface area (Å²) in [6.45, 7) is 1.52. The number of aromatic nitrogens is 3. The van der Waals surface area contributed by atoms with Gasteiger partial charge in [-0.3, -0.25) is 14.2 Å². The van der Waals surface area contributed by atoms with Gasteiger partial charge in [-0.05, 0) is 37.3 Å². The van der Waals surface area contributed by atoms with Gasteiger partial charge >= 0.3 is 0 Å². The first-order valence-corrected chi connectivity index (χ1v) is 11.6. The van der Waals surface area contributed by atoms with E-state index in [2.05, 4.69) is 10.3 Å². The van der Waals surface area contributed by atoms with Gasteiger partial charge in [-0.1, -0.05) is 41.9 Å². The number of thiophene rings is 1. The van der Waals surface area contributed by atoms with Crippen LogP contribution in [0, 0.1) is 6.92 Å². The number of ether oxygens (including phenoxy) is 1. The number of amides is 1. The number of rotatable bonds is 5. The third-order valence-electron chi connectivity index (χ3n) is 5.44. The summed E-state index contributed by atoms with van der Waals surface area (Å²) in [5.41, 5.74) is 2.57. The molecule has 2 aromatic carbocycles. The first kappa shape index (κ1) is 22.1. The van der Waals surface area contributed by atoms with Crippen molar-refractivity contribution in [1.82, 2.24) is 14.5 Å². The zero-order chi connectivity index (χ0) is 23.8. The Bertz CT molecular complexity index is 1610. The van der Waals surface area contributed by atoms with Gasteiger partial charge in [0.15, 0.2) is 0 Å². The molecular weight excluding hydrogens is 472 g/mol. The van der Waals surface area contributed by atoms with Crippen LogP contribution in [0.15, 0.2) is 65.5 Å². The third kappa shape index (κ3) is 4.02. The smallest absolute Gasteiger partial charge is 0.272 e. The highest BCUT2D eigenvalue weighted by atomic mass is 35.5. The standard InChI is InChI=1S/C25H19ClN4O3S/c1-14-27-22-17-9-10-18(15-6-4-3-5-7-15)29-24(17)34-23(22)25(32)30(14)13-21(31)28-19-12-16(26)8-11-20(19)33-2/h3-12H,13H2,1-2H3,(H,28,31). The first-order chi connectivity index (χ1) is 16.4. The SMILES string of the molecule is COc1ccc(Cl)cc1NC(=O)Cn1c(C)nc2c(sc3nc(-c4ccccc4)ccc32)c1=O. The number of fused-ring (bicyclic) bond motifs is 3. The molecule has 170 valence electrons. The van der Waals surface area contributed by atoms with E-state index >= 15 is 0 Å². The average molecular weight is 491 g/mol. The zero-order valence-corrected chi connectivity index (χ0v) is 19.9. The van der Waals surface area contributed by atoms with Crippen LogP contribution in [-0.2, 0) is 11.3 Å². The van der Waals surface area contributed by atoms with Gasteiger partial charge in [0.05, 0.1) is 24.0 Å². The molecule has 1 amide bonds. The van der Waals surface area contributed by atoms with Crippen LogP contribution in [0.4, 0.5) is 5.69 Å². The van der Waals surface area contributed by atoms with E-state index < -0.39 is 5.91 Å². The van der Waals surface area contributed by atoms with Crippen molar-refractivity contribution in [3.8, 4) is 17.0 Å². The summed E-state index contributed by atoms with van der Waals surface area (Å²) in [5, 5.41) is 4.04. The lowest BCUT2D eigenvalue weighted by atomic mass is 10.1. The molecule has 0 fully saturated rings. The molecule has 0 saturated carbocycles. The summed E-state index contributed by atoms with van der Waals surface area (Å²) in [6.07, 6.45) is 0. The quantitative estimate of drug-likeness (QED) is 0.362. The Morgan fingerprint density at radius 1 is 1.12 bits per heavy atom. The Labute approximate surface area is 203 Å². The second-order valence-electron chi connectivity index (χ2n) is 7.64. The van der Waals surface area contributed by atoms with Crippen LogP contribution in [-0.4, -0.2) is 27.6 Å². The lowest BCUT2D eigenvalue weighted by Crippen LogP contribution is -2.29. The minimum absolute atomic E-state index is 0.194. The predicted molar refractivity (Wildman–Crippen MR) is 136 cm³/mol.